The van der Waals surface area contributed by atoms with Crippen LogP contribution in [0.5, 0.6) is 11.5 Å². The number of ether oxygens (including phenoxy) is 1. The molecule has 4 rings (SSSR count). The number of hydrogen-bond donors (Lipinski definition) is 2. The van der Waals surface area contributed by atoms with Crippen LogP contribution in [0.15, 0.2) is 60.8 Å². The van der Waals surface area contributed by atoms with Gasteiger partial charge in [0.05, 0.1) is 31.5 Å². The van der Waals surface area contributed by atoms with E-state index in [2.05, 4.69) is 10.3 Å². The fourth-order valence-electron chi connectivity index (χ4n) is 3.64. The van der Waals surface area contributed by atoms with E-state index >= 15 is 0 Å². The minimum absolute atomic E-state index is 0.0161. The maximum absolute atomic E-state index is 13.1. The summed E-state index contributed by atoms with van der Waals surface area (Å²) < 4.78 is 5.06. The van der Waals surface area contributed by atoms with E-state index in [9.17, 15) is 14.7 Å². The van der Waals surface area contributed by atoms with Crippen molar-refractivity contribution < 1.29 is 19.4 Å². The highest BCUT2D eigenvalue weighted by molar-refractivity contribution is 6.04. The Kier molecular flexibility index (Phi) is 5.93. The van der Waals surface area contributed by atoms with Crippen LogP contribution in [0.25, 0.3) is 0 Å². The maximum atomic E-state index is 13.1. The number of nitrogens with zero attached hydrogens (tertiary/aromatic N) is 3. The molecule has 2 aromatic carbocycles. The van der Waals surface area contributed by atoms with Crippen molar-refractivity contribution in [1.29, 1.82) is 0 Å². The van der Waals surface area contributed by atoms with Gasteiger partial charge in [-0.2, -0.15) is 0 Å². The molecule has 0 unspecified atom stereocenters. The lowest BCUT2D eigenvalue weighted by Gasteiger charge is -2.30. The Hall–Kier alpha value is -4.07. The largest absolute Gasteiger partial charge is 0.504 e. The molecule has 0 aliphatic carbocycles. The highest BCUT2D eigenvalue weighted by Gasteiger charge is 2.27. The first-order chi connectivity index (χ1) is 15.5. The van der Waals surface area contributed by atoms with Gasteiger partial charge in [0.25, 0.3) is 5.91 Å². The van der Waals surface area contributed by atoms with Gasteiger partial charge in [0, 0.05) is 19.8 Å². The zero-order valence-corrected chi connectivity index (χ0v) is 17.9. The van der Waals surface area contributed by atoms with Crippen LogP contribution in [0.2, 0.25) is 0 Å². The summed E-state index contributed by atoms with van der Waals surface area (Å²) in [6.07, 6.45) is 1.51. The maximum Gasteiger partial charge on any atom is 0.255 e. The summed E-state index contributed by atoms with van der Waals surface area (Å²) in [6.45, 7) is 0.841. The van der Waals surface area contributed by atoms with Gasteiger partial charge in [-0.3, -0.25) is 9.59 Å². The molecular weight excluding hydrogens is 408 g/mol. The van der Waals surface area contributed by atoms with Gasteiger partial charge in [-0.05, 0) is 29.3 Å². The molecule has 1 aliphatic heterocycles. The van der Waals surface area contributed by atoms with Crippen LogP contribution >= 0.6 is 0 Å². The number of carbonyl (C=O) groups excluding carboxylic acids is 2. The minimum atomic E-state index is -0.242. The molecule has 3 aromatic rings. The SMILES string of the molecule is COc1ccc(CN(C)C(=O)c2cnc3c(c2)N(Cc2ccccc2)C(=O)CN3)cc1O. The summed E-state index contributed by atoms with van der Waals surface area (Å²) in [6, 6.07) is 16.4. The molecule has 0 saturated heterocycles. The Labute approximate surface area is 186 Å². The molecule has 1 aliphatic rings. The molecule has 2 N–H and O–H groups in total. The van der Waals surface area contributed by atoms with E-state index in [4.69, 9.17) is 4.74 Å². The molecule has 8 nitrogen and oxygen atoms in total. The predicted molar refractivity (Wildman–Crippen MR) is 121 cm³/mol. The third kappa shape index (κ3) is 4.34. The van der Waals surface area contributed by atoms with Gasteiger partial charge in [0.1, 0.15) is 0 Å². The van der Waals surface area contributed by atoms with Crippen molar-refractivity contribution in [3.8, 4) is 11.5 Å². The van der Waals surface area contributed by atoms with Gasteiger partial charge >= 0.3 is 0 Å². The van der Waals surface area contributed by atoms with E-state index in [-0.39, 0.29) is 24.1 Å². The number of anilines is 2. The number of methoxy groups -OCH3 is 1. The lowest BCUT2D eigenvalue weighted by Crippen LogP contribution is -2.40. The second kappa shape index (κ2) is 8.97. The van der Waals surface area contributed by atoms with Crippen LogP contribution in [0, 0.1) is 0 Å². The second-order valence-electron chi connectivity index (χ2n) is 7.58. The van der Waals surface area contributed by atoms with Gasteiger partial charge in [-0.25, -0.2) is 4.98 Å². The van der Waals surface area contributed by atoms with Gasteiger partial charge in [0.2, 0.25) is 5.91 Å². The first kappa shape index (κ1) is 21.2. The molecule has 2 heterocycles. The molecule has 0 atom stereocenters. The van der Waals surface area contributed by atoms with Crippen molar-refractivity contribution >= 4 is 23.3 Å². The number of nitrogens with one attached hydrogen (secondary N) is 1. The molecule has 1 aromatic heterocycles. The summed E-state index contributed by atoms with van der Waals surface area (Å²) in [5.41, 5.74) is 2.69. The third-order valence-electron chi connectivity index (χ3n) is 5.31. The Morgan fingerprint density at radius 1 is 1.19 bits per heavy atom. The van der Waals surface area contributed by atoms with Crippen molar-refractivity contribution in [2.45, 2.75) is 13.1 Å². The number of aromatic hydroxyl groups is 1. The van der Waals surface area contributed by atoms with Gasteiger partial charge < -0.3 is 25.0 Å². The number of amides is 2. The number of phenolic OH excluding ortho intramolecular Hbond substituents is 1. The van der Waals surface area contributed by atoms with Crippen LogP contribution in [0.3, 0.4) is 0 Å². The third-order valence-corrected chi connectivity index (χ3v) is 5.31. The molecule has 164 valence electrons. The van der Waals surface area contributed by atoms with Crippen LogP contribution in [0.4, 0.5) is 11.5 Å². The smallest absolute Gasteiger partial charge is 0.255 e. The zero-order valence-electron chi connectivity index (χ0n) is 17.9. The number of rotatable bonds is 6. The summed E-state index contributed by atoms with van der Waals surface area (Å²) in [4.78, 5) is 33.2. The van der Waals surface area contributed by atoms with E-state index in [0.717, 1.165) is 11.1 Å². The van der Waals surface area contributed by atoms with E-state index < -0.39 is 0 Å². The molecular formula is C24H24N4O4. The average molecular weight is 432 g/mol. The van der Waals surface area contributed by atoms with Crippen LogP contribution in [-0.4, -0.2) is 47.5 Å². The van der Waals surface area contributed by atoms with Crippen LogP contribution in [0.1, 0.15) is 21.5 Å². The molecule has 0 radical (unpaired) electrons. The Balaban J connectivity index is 1.56. The first-order valence-electron chi connectivity index (χ1n) is 10.2. The zero-order chi connectivity index (χ0) is 22.7. The lowest BCUT2D eigenvalue weighted by molar-refractivity contribution is -0.117. The van der Waals surface area contributed by atoms with Crippen molar-refractivity contribution in [3.05, 3.63) is 77.5 Å². The summed E-state index contributed by atoms with van der Waals surface area (Å²) in [5.74, 6) is 0.627. The van der Waals surface area contributed by atoms with E-state index in [1.54, 1.807) is 36.2 Å². The molecule has 0 saturated carbocycles. The van der Waals surface area contributed by atoms with Crippen molar-refractivity contribution in [2.24, 2.45) is 0 Å². The van der Waals surface area contributed by atoms with E-state index in [0.29, 0.717) is 35.9 Å². The van der Waals surface area contributed by atoms with Crippen molar-refractivity contribution in [3.63, 3.8) is 0 Å². The molecule has 2 amide bonds. The highest BCUT2D eigenvalue weighted by atomic mass is 16.5. The Bertz CT molecular complexity index is 1150. The number of phenols is 1. The monoisotopic (exact) mass is 432 g/mol. The molecule has 8 heteroatoms. The van der Waals surface area contributed by atoms with E-state index in [1.807, 2.05) is 30.3 Å². The lowest BCUT2D eigenvalue weighted by atomic mass is 10.1. The number of benzene rings is 2. The van der Waals surface area contributed by atoms with Crippen LogP contribution < -0.4 is 15.0 Å². The second-order valence-corrected chi connectivity index (χ2v) is 7.58. The van der Waals surface area contributed by atoms with Crippen LogP contribution in [-0.2, 0) is 17.9 Å². The highest BCUT2D eigenvalue weighted by Crippen LogP contribution is 2.31. The Morgan fingerprint density at radius 2 is 1.97 bits per heavy atom. The average Bonchev–Trinajstić information content (AvgIpc) is 2.81. The number of aromatic nitrogens is 1. The number of carbonyl (C=O) groups is 2. The predicted octanol–water partition coefficient (Wildman–Crippen LogP) is 3.03. The quantitative estimate of drug-likeness (QED) is 0.622. The molecule has 0 bridgehead atoms. The van der Waals surface area contributed by atoms with Gasteiger partial charge in [-0.1, -0.05) is 36.4 Å². The topological polar surface area (TPSA) is 95.0 Å². The number of hydrogen-bond acceptors (Lipinski definition) is 6. The minimum Gasteiger partial charge on any atom is -0.504 e. The first-order valence-corrected chi connectivity index (χ1v) is 10.2. The molecule has 0 spiro atoms. The van der Waals surface area contributed by atoms with Gasteiger partial charge in [0.15, 0.2) is 17.3 Å². The van der Waals surface area contributed by atoms with E-state index in [1.165, 1.54) is 18.2 Å². The van der Waals surface area contributed by atoms with Crippen molar-refractivity contribution in [1.82, 2.24) is 9.88 Å². The fraction of sp³-hybridized carbons (Fsp3) is 0.208. The summed E-state index contributed by atoms with van der Waals surface area (Å²) in [7, 11) is 3.16. The molecule has 32 heavy (non-hydrogen) atoms. The Morgan fingerprint density at radius 3 is 2.69 bits per heavy atom. The van der Waals surface area contributed by atoms with Crippen molar-refractivity contribution in [2.75, 3.05) is 30.9 Å². The molecule has 0 fully saturated rings. The summed E-state index contributed by atoms with van der Waals surface area (Å²) in [5, 5.41) is 13.0. The normalized spacial score (nSPS) is 12.7. The number of pyridine rings is 1. The van der Waals surface area contributed by atoms with Gasteiger partial charge in [-0.15, -0.1) is 0 Å². The number of fused-ring (bicyclic) bond motifs is 1. The standard InChI is InChI=1S/C24H24N4O4/c1-27(14-17-8-9-21(32-2)20(29)10-17)24(31)18-11-19-23(25-12-18)26-13-22(30)28(19)15-16-6-4-3-5-7-16/h3-12,29H,13-15H2,1-2H3,(H,25,26). The summed E-state index contributed by atoms with van der Waals surface area (Å²) >= 11 is 0. The fourth-order valence-corrected chi connectivity index (χ4v) is 3.64.